The number of nitrogens with one attached hydrogen (secondary N) is 2. The lowest BCUT2D eigenvalue weighted by Crippen LogP contribution is -2.47. The summed E-state index contributed by atoms with van der Waals surface area (Å²) < 4.78 is 4.84. The maximum absolute atomic E-state index is 12.5. The highest BCUT2D eigenvalue weighted by atomic mass is 16.5. The Kier molecular flexibility index (Phi) is 8.61. The molecular weight excluding hydrogens is 334 g/mol. The molecule has 1 aromatic carbocycles. The predicted molar refractivity (Wildman–Crippen MR) is 101 cm³/mol. The van der Waals surface area contributed by atoms with E-state index in [-0.39, 0.29) is 24.3 Å². The van der Waals surface area contributed by atoms with Crippen LogP contribution < -0.4 is 10.6 Å². The van der Waals surface area contributed by atoms with Crippen molar-refractivity contribution in [3.8, 4) is 0 Å². The number of ether oxygens (including phenoxy) is 1. The Morgan fingerprint density at radius 2 is 1.62 bits per heavy atom. The van der Waals surface area contributed by atoms with Gasteiger partial charge in [-0.2, -0.15) is 0 Å². The molecule has 0 heterocycles. The third-order valence-electron chi connectivity index (χ3n) is 3.95. The fraction of sp³-hybridized carbons (Fsp3) is 0.526. The number of hydrogen-bond acceptors (Lipinski definition) is 4. The van der Waals surface area contributed by atoms with E-state index in [9.17, 15) is 14.4 Å². The van der Waals surface area contributed by atoms with E-state index < -0.39 is 12.1 Å². The van der Waals surface area contributed by atoms with E-state index in [1.54, 1.807) is 36.1 Å². The molecule has 0 aliphatic carbocycles. The van der Waals surface area contributed by atoms with Crippen molar-refractivity contribution in [2.75, 3.05) is 25.0 Å². The summed E-state index contributed by atoms with van der Waals surface area (Å²) in [6.45, 7) is 10.8. The monoisotopic (exact) mass is 363 g/mol. The van der Waals surface area contributed by atoms with Gasteiger partial charge >= 0.3 is 6.09 Å². The summed E-state index contributed by atoms with van der Waals surface area (Å²) in [6, 6.07) is 6.00. The van der Waals surface area contributed by atoms with Crippen LogP contribution in [0.2, 0.25) is 0 Å². The van der Waals surface area contributed by atoms with Gasteiger partial charge in [0.15, 0.2) is 0 Å². The normalized spacial score (nSPS) is 11.6. The SMILES string of the molecule is CCOC(=O)N[C@H](C(=O)Nc1ccc(C(=O)N(CC)CC)cc1)C(C)C. The Bertz CT molecular complexity index is 610. The first-order valence-electron chi connectivity index (χ1n) is 8.97. The lowest BCUT2D eigenvalue weighted by Gasteiger charge is -2.21. The van der Waals surface area contributed by atoms with Crippen molar-refractivity contribution in [3.63, 3.8) is 0 Å². The van der Waals surface area contributed by atoms with Crippen molar-refractivity contribution in [3.05, 3.63) is 29.8 Å². The molecule has 0 aliphatic rings. The van der Waals surface area contributed by atoms with Crippen LogP contribution >= 0.6 is 0 Å². The van der Waals surface area contributed by atoms with Crippen LogP contribution in [0.15, 0.2) is 24.3 Å². The minimum atomic E-state index is -0.717. The first-order valence-corrected chi connectivity index (χ1v) is 8.97. The summed E-state index contributed by atoms with van der Waals surface area (Å²) in [4.78, 5) is 38.1. The summed E-state index contributed by atoms with van der Waals surface area (Å²) in [7, 11) is 0. The van der Waals surface area contributed by atoms with Gasteiger partial charge in [-0.3, -0.25) is 9.59 Å². The van der Waals surface area contributed by atoms with Crippen LogP contribution in [0.1, 0.15) is 45.0 Å². The second kappa shape index (κ2) is 10.4. The Balaban J connectivity index is 2.79. The molecule has 0 saturated heterocycles. The van der Waals surface area contributed by atoms with Gasteiger partial charge in [0.2, 0.25) is 5.91 Å². The molecule has 0 aliphatic heterocycles. The highest BCUT2D eigenvalue weighted by molar-refractivity contribution is 5.98. The number of amides is 3. The second-order valence-corrected chi connectivity index (χ2v) is 6.13. The minimum absolute atomic E-state index is 0.0445. The van der Waals surface area contributed by atoms with Crippen LogP contribution in [0.3, 0.4) is 0 Å². The average Bonchev–Trinajstić information content (AvgIpc) is 2.61. The summed E-state index contributed by atoms with van der Waals surface area (Å²) in [6.07, 6.45) is -0.624. The van der Waals surface area contributed by atoms with Crippen LogP contribution in [0.25, 0.3) is 0 Å². The Labute approximate surface area is 155 Å². The van der Waals surface area contributed by atoms with Gasteiger partial charge in [-0.05, 0) is 51.0 Å². The first-order chi connectivity index (χ1) is 12.3. The number of anilines is 1. The Hall–Kier alpha value is -2.57. The molecule has 0 bridgehead atoms. The maximum Gasteiger partial charge on any atom is 0.407 e. The lowest BCUT2D eigenvalue weighted by atomic mass is 10.0. The number of nitrogens with zero attached hydrogens (tertiary/aromatic N) is 1. The van der Waals surface area contributed by atoms with Crippen molar-refractivity contribution in [1.82, 2.24) is 10.2 Å². The van der Waals surface area contributed by atoms with Crippen molar-refractivity contribution in [2.24, 2.45) is 5.92 Å². The smallest absolute Gasteiger partial charge is 0.407 e. The Morgan fingerprint density at radius 3 is 2.08 bits per heavy atom. The zero-order valence-electron chi connectivity index (χ0n) is 16.2. The van der Waals surface area contributed by atoms with Gasteiger partial charge in [0.25, 0.3) is 5.91 Å². The number of alkyl carbamates (subject to hydrolysis) is 1. The lowest BCUT2D eigenvalue weighted by molar-refractivity contribution is -0.119. The van der Waals surface area contributed by atoms with Gasteiger partial charge in [-0.1, -0.05) is 13.8 Å². The number of carbonyl (C=O) groups excluding carboxylic acids is 3. The third kappa shape index (κ3) is 6.06. The van der Waals surface area contributed by atoms with Gasteiger partial charge < -0.3 is 20.3 Å². The second-order valence-electron chi connectivity index (χ2n) is 6.13. The molecule has 2 N–H and O–H groups in total. The van der Waals surface area contributed by atoms with Crippen LogP contribution in [0.4, 0.5) is 10.5 Å². The van der Waals surface area contributed by atoms with Gasteiger partial charge in [0.1, 0.15) is 6.04 Å². The van der Waals surface area contributed by atoms with Gasteiger partial charge in [-0.15, -0.1) is 0 Å². The fourth-order valence-corrected chi connectivity index (χ4v) is 2.44. The molecule has 1 atom stereocenters. The van der Waals surface area contributed by atoms with E-state index in [2.05, 4.69) is 10.6 Å². The molecule has 1 aromatic rings. The van der Waals surface area contributed by atoms with E-state index in [1.165, 1.54) is 0 Å². The average molecular weight is 363 g/mol. The summed E-state index contributed by atoms with van der Waals surface area (Å²) in [5.74, 6) is -0.490. The van der Waals surface area contributed by atoms with E-state index >= 15 is 0 Å². The molecule has 0 spiro atoms. The van der Waals surface area contributed by atoms with E-state index in [1.807, 2.05) is 27.7 Å². The zero-order valence-corrected chi connectivity index (χ0v) is 16.2. The molecule has 1 rings (SSSR count). The van der Waals surface area contributed by atoms with Gasteiger partial charge in [0, 0.05) is 24.3 Å². The zero-order chi connectivity index (χ0) is 19.7. The molecule has 0 radical (unpaired) electrons. The molecule has 0 saturated carbocycles. The quantitative estimate of drug-likeness (QED) is 0.743. The molecule has 7 nitrogen and oxygen atoms in total. The summed E-state index contributed by atoms with van der Waals surface area (Å²) in [5.41, 5.74) is 1.12. The summed E-state index contributed by atoms with van der Waals surface area (Å²) in [5, 5.41) is 5.32. The largest absolute Gasteiger partial charge is 0.450 e. The standard InChI is InChI=1S/C19H29N3O4/c1-6-22(7-2)18(24)14-9-11-15(12-10-14)20-17(23)16(13(4)5)21-19(25)26-8-3/h9-13,16H,6-8H2,1-5H3,(H,20,23)(H,21,25)/t16-/m0/s1. The number of benzene rings is 1. The van der Waals surface area contributed by atoms with Crippen LogP contribution in [-0.4, -0.2) is 48.5 Å². The first kappa shape index (κ1) is 21.5. The highest BCUT2D eigenvalue weighted by Crippen LogP contribution is 2.13. The summed E-state index contributed by atoms with van der Waals surface area (Å²) >= 11 is 0. The molecule has 3 amide bonds. The maximum atomic E-state index is 12.5. The van der Waals surface area contributed by atoms with E-state index in [4.69, 9.17) is 4.74 Å². The fourth-order valence-electron chi connectivity index (χ4n) is 2.44. The van der Waals surface area contributed by atoms with Crippen molar-refractivity contribution < 1.29 is 19.1 Å². The molecule has 26 heavy (non-hydrogen) atoms. The third-order valence-corrected chi connectivity index (χ3v) is 3.95. The predicted octanol–water partition coefficient (Wildman–Crippen LogP) is 2.88. The minimum Gasteiger partial charge on any atom is -0.450 e. The molecule has 0 fully saturated rings. The number of hydrogen-bond donors (Lipinski definition) is 2. The van der Waals surface area contributed by atoms with Crippen molar-refractivity contribution in [2.45, 2.75) is 40.7 Å². The number of carbonyl (C=O) groups is 3. The van der Waals surface area contributed by atoms with Crippen LogP contribution in [-0.2, 0) is 9.53 Å². The van der Waals surface area contributed by atoms with Gasteiger partial charge in [0.05, 0.1) is 6.61 Å². The van der Waals surface area contributed by atoms with Crippen LogP contribution in [0, 0.1) is 5.92 Å². The highest BCUT2D eigenvalue weighted by Gasteiger charge is 2.25. The topological polar surface area (TPSA) is 87.7 Å². The molecule has 7 heteroatoms. The van der Waals surface area contributed by atoms with Crippen LogP contribution in [0.5, 0.6) is 0 Å². The Morgan fingerprint density at radius 1 is 1.04 bits per heavy atom. The molecule has 144 valence electrons. The number of rotatable bonds is 8. The van der Waals surface area contributed by atoms with Crippen molar-refractivity contribution in [1.29, 1.82) is 0 Å². The molecule has 0 aromatic heterocycles. The van der Waals surface area contributed by atoms with Gasteiger partial charge in [-0.25, -0.2) is 4.79 Å². The molecular formula is C19H29N3O4. The van der Waals surface area contributed by atoms with Crippen molar-refractivity contribution >= 4 is 23.6 Å². The van der Waals surface area contributed by atoms with E-state index in [0.717, 1.165) is 0 Å². The van der Waals surface area contributed by atoms with E-state index in [0.29, 0.717) is 24.3 Å². The molecule has 0 unspecified atom stereocenters.